The fraction of sp³-hybridized carbons (Fsp3) is 0.455. The van der Waals surface area contributed by atoms with Gasteiger partial charge in [0.1, 0.15) is 3.70 Å². The molecule has 0 atom stereocenters. The van der Waals surface area contributed by atoms with Crippen LogP contribution in [0.25, 0.3) is 0 Å². The Balaban J connectivity index is 3.19. The summed E-state index contributed by atoms with van der Waals surface area (Å²) in [6.45, 7) is 1.87. The first kappa shape index (κ1) is 15.6. The van der Waals surface area contributed by atoms with Gasteiger partial charge < -0.3 is 4.74 Å². The summed E-state index contributed by atoms with van der Waals surface area (Å²) >= 11 is 7.40. The Morgan fingerprint density at radius 1 is 1.61 bits per heavy atom. The highest BCUT2D eigenvalue weighted by Crippen LogP contribution is 2.30. The molecule has 0 amide bonds. The Morgan fingerprint density at radius 3 is 2.78 bits per heavy atom. The summed E-state index contributed by atoms with van der Waals surface area (Å²) in [5.74, 6) is -0.522. The van der Waals surface area contributed by atoms with Crippen LogP contribution in [-0.4, -0.2) is 17.6 Å². The second-order valence-corrected chi connectivity index (χ2v) is 4.67. The van der Waals surface area contributed by atoms with E-state index in [0.717, 1.165) is 0 Å². The van der Waals surface area contributed by atoms with E-state index in [4.69, 9.17) is 16.3 Å². The third-order valence-electron chi connectivity index (χ3n) is 2.26. The van der Waals surface area contributed by atoms with Gasteiger partial charge in [-0.05, 0) is 40.6 Å². The van der Waals surface area contributed by atoms with E-state index < -0.39 is 12.4 Å². The van der Waals surface area contributed by atoms with Crippen LogP contribution >= 0.6 is 34.2 Å². The third kappa shape index (κ3) is 3.74. The summed E-state index contributed by atoms with van der Waals surface area (Å²) in [7, 11) is 0. The molecular formula is C11H11ClF2INO2. The second-order valence-electron chi connectivity index (χ2n) is 3.38. The van der Waals surface area contributed by atoms with Gasteiger partial charge in [-0.25, -0.2) is 13.8 Å². The van der Waals surface area contributed by atoms with Crippen molar-refractivity contribution < 1.29 is 18.3 Å². The van der Waals surface area contributed by atoms with E-state index in [1.54, 1.807) is 29.5 Å². The monoisotopic (exact) mass is 389 g/mol. The highest BCUT2D eigenvalue weighted by molar-refractivity contribution is 14.1. The van der Waals surface area contributed by atoms with Crippen LogP contribution in [0.2, 0.25) is 0 Å². The van der Waals surface area contributed by atoms with Gasteiger partial charge in [0.15, 0.2) is 0 Å². The Bertz CT molecular complexity index is 443. The number of aromatic nitrogens is 1. The van der Waals surface area contributed by atoms with Crippen molar-refractivity contribution in [3.8, 4) is 0 Å². The highest BCUT2D eigenvalue weighted by Gasteiger charge is 2.22. The number of rotatable bonds is 5. The van der Waals surface area contributed by atoms with Gasteiger partial charge >= 0.3 is 5.97 Å². The van der Waals surface area contributed by atoms with Crippen molar-refractivity contribution >= 4 is 40.2 Å². The van der Waals surface area contributed by atoms with Crippen LogP contribution in [0, 0.1) is 3.70 Å². The van der Waals surface area contributed by atoms with Gasteiger partial charge in [-0.2, -0.15) is 0 Å². The Morgan fingerprint density at radius 2 is 2.28 bits per heavy atom. The topological polar surface area (TPSA) is 39.2 Å². The lowest BCUT2D eigenvalue weighted by Gasteiger charge is -2.13. The average molecular weight is 390 g/mol. The molecule has 0 aliphatic heterocycles. The smallest absolute Gasteiger partial charge is 0.310 e. The zero-order valence-corrected chi connectivity index (χ0v) is 12.5. The molecule has 0 spiro atoms. The maximum atomic E-state index is 13.0. The van der Waals surface area contributed by atoms with Gasteiger partial charge in [0, 0.05) is 12.1 Å². The number of ether oxygens (including phenoxy) is 1. The zero-order valence-electron chi connectivity index (χ0n) is 9.55. The van der Waals surface area contributed by atoms with Crippen molar-refractivity contribution in [2.75, 3.05) is 6.61 Å². The van der Waals surface area contributed by atoms with Crippen molar-refractivity contribution in [3.63, 3.8) is 0 Å². The Labute approximate surface area is 122 Å². The summed E-state index contributed by atoms with van der Waals surface area (Å²) < 4.78 is 30.9. The summed E-state index contributed by atoms with van der Waals surface area (Å²) in [5.41, 5.74) is 0.417. The largest absolute Gasteiger partial charge is 0.466 e. The molecule has 1 aromatic rings. The molecule has 1 heterocycles. The molecule has 0 aliphatic rings. The first-order chi connectivity index (χ1) is 8.51. The summed E-state index contributed by atoms with van der Waals surface area (Å²) in [6, 6.07) is 0. The van der Waals surface area contributed by atoms with E-state index in [1.807, 2.05) is 0 Å². The fourth-order valence-corrected chi connectivity index (χ4v) is 2.41. The lowest BCUT2D eigenvalue weighted by molar-refractivity contribution is -0.142. The maximum absolute atomic E-state index is 13.0. The molecule has 0 radical (unpaired) electrons. The fourth-order valence-electron chi connectivity index (χ4n) is 1.48. The van der Waals surface area contributed by atoms with Crippen LogP contribution in [0.5, 0.6) is 0 Å². The van der Waals surface area contributed by atoms with Gasteiger partial charge in [-0.1, -0.05) is 0 Å². The van der Waals surface area contributed by atoms with Crippen molar-refractivity contribution in [3.05, 3.63) is 26.6 Å². The van der Waals surface area contributed by atoms with Gasteiger partial charge in [-0.3, -0.25) is 4.79 Å². The summed E-state index contributed by atoms with van der Waals surface area (Å²) in [5, 5.41) is 0. The Hall–Kier alpha value is -0.500. The number of halogens is 4. The van der Waals surface area contributed by atoms with Gasteiger partial charge in [0.2, 0.25) is 0 Å². The van der Waals surface area contributed by atoms with E-state index in [1.165, 1.54) is 6.20 Å². The SMILES string of the molecule is CCOC(=O)Cc1c(CCl)cnc(I)c1C(F)F. The molecule has 0 saturated heterocycles. The predicted octanol–water partition coefficient (Wildman–Crippen LogP) is 3.47. The van der Waals surface area contributed by atoms with Gasteiger partial charge in [0.25, 0.3) is 6.43 Å². The van der Waals surface area contributed by atoms with E-state index in [2.05, 4.69) is 4.98 Å². The van der Waals surface area contributed by atoms with Crippen LogP contribution in [-0.2, 0) is 21.8 Å². The molecule has 3 nitrogen and oxygen atoms in total. The molecule has 0 saturated carbocycles. The molecule has 100 valence electrons. The number of carbonyl (C=O) groups is 1. The number of hydrogen-bond donors (Lipinski definition) is 0. The minimum absolute atomic E-state index is 0.0262. The molecule has 0 unspecified atom stereocenters. The standard InChI is InChI=1S/C11H11ClF2INO2/c1-2-18-8(17)3-7-6(4-12)5-16-11(15)9(7)10(13)14/h5,10H,2-4H2,1H3. The number of hydrogen-bond acceptors (Lipinski definition) is 3. The molecule has 0 aliphatic carbocycles. The van der Waals surface area contributed by atoms with Crippen LogP contribution in [0.15, 0.2) is 6.20 Å². The summed E-state index contributed by atoms with van der Waals surface area (Å²) in [6.07, 6.45) is -1.50. The maximum Gasteiger partial charge on any atom is 0.310 e. The van der Waals surface area contributed by atoms with E-state index in [9.17, 15) is 13.6 Å². The number of carbonyl (C=O) groups excluding carboxylic acids is 1. The van der Waals surface area contributed by atoms with Crippen LogP contribution in [0.4, 0.5) is 8.78 Å². The minimum atomic E-state index is -2.70. The number of esters is 1. The van der Waals surface area contributed by atoms with Gasteiger partial charge in [-0.15, -0.1) is 11.6 Å². The first-order valence-electron chi connectivity index (χ1n) is 5.17. The van der Waals surface area contributed by atoms with Crippen molar-refractivity contribution in [1.82, 2.24) is 4.98 Å². The number of nitrogens with zero attached hydrogens (tertiary/aromatic N) is 1. The van der Waals surface area contributed by atoms with Gasteiger partial charge in [0.05, 0.1) is 18.6 Å². The normalized spacial score (nSPS) is 10.8. The molecule has 0 bridgehead atoms. The molecule has 18 heavy (non-hydrogen) atoms. The van der Waals surface area contributed by atoms with E-state index in [0.29, 0.717) is 5.56 Å². The minimum Gasteiger partial charge on any atom is -0.466 e. The summed E-state index contributed by atoms with van der Waals surface area (Å²) in [4.78, 5) is 15.3. The number of alkyl halides is 3. The van der Waals surface area contributed by atoms with Crippen LogP contribution in [0.1, 0.15) is 30.0 Å². The van der Waals surface area contributed by atoms with Crippen LogP contribution in [0.3, 0.4) is 0 Å². The molecule has 1 rings (SSSR count). The molecule has 0 aromatic carbocycles. The highest BCUT2D eigenvalue weighted by atomic mass is 127. The van der Waals surface area contributed by atoms with Crippen molar-refractivity contribution in [2.45, 2.75) is 25.7 Å². The molecule has 0 N–H and O–H groups in total. The quantitative estimate of drug-likeness (QED) is 0.335. The van der Waals surface area contributed by atoms with E-state index >= 15 is 0 Å². The third-order valence-corrected chi connectivity index (χ3v) is 3.40. The average Bonchev–Trinajstić information content (AvgIpc) is 2.29. The number of pyridine rings is 1. The predicted molar refractivity (Wildman–Crippen MR) is 71.8 cm³/mol. The molecule has 1 aromatic heterocycles. The van der Waals surface area contributed by atoms with Crippen molar-refractivity contribution in [1.29, 1.82) is 0 Å². The van der Waals surface area contributed by atoms with E-state index in [-0.39, 0.29) is 33.7 Å². The molecular weight excluding hydrogens is 378 g/mol. The first-order valence-corrected chi connectivity index (χ1v) is 6.78. The molecule has 7 heteroatoms. The lowest BCUT2D eigenvalue weighted by Crippen LogP contribution is -2.13. The van der Waals surface area contributed by atoms with Crippen LogP contribution < -0.4 is 0 Å². The second kappa shape index (κ2) is 7.18. The zero-order chi connectivity index (χ0) is 13.7. The van der Waals surface area contributed by atoms with Crippen molar-refractivity contribution in [2.24, 2.45) is 0 Å². The lowest BCUT2D eigenvalue weighted by atomic mass is 10.0. The Kier molecular flexibility index (Phi) is 6.20. The molecule has 0 fully saturated rings.